The summed E-state index contributed by atoms with van der Waals surface area (Å²) in [6.45, 7) is 5.06. The van der Waals surface area contributed by atoms with Gasteiger partial charge in [0.25, 0.3) is 0 Å². The van der Waals surface area contributed by atoms with E-state index in [1.807, 2.05) is 71.5 Å². The zero-order valence-electron chi connectivity index (χ0n) is 31.0. The first-order valence-corrected chi connectivity index (χ1v) is 18.2. The summed E-state index contributed by atoms with van der Waals surface area (Å²) < 4.78 is 65.0. The predicted molar refractivity (Wildman–Crippen MR) is 203 cm³/mol. The molecular formula is C43H44F2N4O6. The van der Waals surface area contributed by atoms with Crippen molar-refractivity contribution >= 4 is 0 Å². The summed E-state index contributed by atoms with van der Waals surface area (Å²) in [5, 5.41) is 9.27. The van der Waals surface area contributed by atoms with Crippen LogP contribution in [0.15, 0.2) is 116 Å². The maximum Gasteiger partial charge on any atom is 0.163 e. The Morgan fingerprint density at radius 1 is 0.582 bits per heavy atom. The fourth-order valence-electron chi connectivity index (χ4n) is 6.57. The predicted octanol–water partition coefficient (Wildman–Crippen LogP) is 7.37. The maximum absolute atomic E-state index is 13.9. The molecule has 2 aromatic heterocycles. The third-order valence-electron chi connectivity index (χ3n) is 9.68. The van der Waals surface area contributed by atoms with Gasteiger partial charge in [0, 0.05) is 43.3 Å². The summed E-state index contributed by atoms with van der Waals surface area (Å²) in [6, 6.07) is 31.9. The average molecular weight is 751 g/mol. The molecule has 4 aromatic carbocycles. The molecule has 0 bridgehead atoms. The Morgan fingerprint density at radius 2 is 1.05 bits per heavy atom. The van der Waals surface area contributed by atoms with Crippen LogP contribution in [0.5, 0.6) is 11.5 Å². The SMILES string of the molecule is COC1COC[C@H]1Oc1ccccc1-c1ccn(Cc2cccc(F)c2F)n1.COC1COC[C@H]1Oc1ccccc1-c1ccn(Cc2ccccc2C)n1. The molecule has 0 radical (unpaired) electrons. The van der Waals surface area contributed by atoms with Gasteiger partial charge in [0.1, 0.15) is 23.7 Å². The summed E-state index contributed by atoms with van der Waals surface area (Å²) in [5.41, 5.74) is 6.14. The minimum Gasteiger partial charge on any atom is -0.484 e. The molecule has 2 fully saturated rings. The van der Waals surface area contributed by atoms with Crippen LogP contribution in [0.25, 0.3) is 22.5 Å². The Hall–Kier alpha value is -5.40. The first-order valence-electron chi connectivity index (χ1n) is 18.2. The zero-order valence-corrected chi connectivity index (χ0v) is 31.0. The van der Waals surface area contributed by atoms with Gasteiger partial charge in [0.05, 0.1) is 50.9 Å². The van der Waals surface area contributed by atoms with Gasteiger partial charge < -0.3 is 28.4 Å². The van der Waals surface area contributed by atoms with Crippen LogP contribution in [0.2, 0.25) is 0 Å². The lowest BCUT2D eigenvalue weighted by atomic mass is 10.1. The molecule has 10 nitrogen and oxygen atoms in total. The minimum absolute atomic E-state index is 0.0448. The molecule has 0 N–H and O–H groups in total. The minimum atomic E-state index is -0.866. The molecule has 8 rings (SSSR count). The first-order chi connectivity index (χ1) is 26.9. The maximum atomic E-state index is 13.9. The average Bonchev–Trinajstić information content (AvgIpc) is 4.04. The van der Waals surface area contributed by atoms with Crippen molar-refractivity contribution in [2.45, 2.75) is 44.4 Å². The summed E-state index contributed by atoms with van der Waals surface area (Å²) in [6.07, 6.45) is 3.26. The molecule has 2 unspecified atom stereocenters. The number of ether oxygens (including phenoxy) is 6. The number of para-hydroxylation sites is 2. The van der Waals surface area contributed by atoms with Crippen molar-refractivity contribution in [1.82, 2.24) is 19.6 Å². The second-order valence-corrected chi connectivity index (χ2v) is 13.4. The largest absolute Gasteiger partial charge is 0.484 e. The third kappa shape index (κ3) is 9.12. The molecule has 0 aliphatic carbocycles. The van der Waals surface area contributed by atoms with Crippen molar-refractivity contribution in [1.29, 1.82) is 0 Å². The van der Waals surface area contributed by atoms with Crippen LogP contribution in [0.1, 0.15) is 16.7 Å². The smallest absolute Gasteiger partial charge is 0.163 e. The van der Waals surface area contributed by atoms with Crippen molar-refractivity contribution in [2.24, 2.45) is 0 Å². The van der Waals surface area contributed by atoms with Crippen molar-refractivity contribution in [3.63, 3.8) is 0 Å². The molecule has 12 heteroatoms. The van der Waals surface area contributed by atoms with Crippen molar-refractivity contribution in [3.8, 4) is 34.0 Å². The van der Waals surface area contributed by atoms with Crippen LogP contribution in [-0.2, 0) is 32.0 Å². The lowest BCUT2D eigenvalue weighted by Crippen LogP contribution is -2.31. The van der Waals surface area contributed by atoms with E-state index in [4.69, 9.17) is 33.5 Å². The van der Waals surface area contributed by atoms with Crippen molar-refractivity contribution < 1.29 is 37.2 Å². The number of aryl methyl sites for hydroxylation is 1. The third-order valence-corrected chi connectivity index (χ3v) is 9.68. The summed E-state index contributed by atoms with van der Waals surface area (Å²) in [7, 11) is 3.32. The number of methoxy groups -OCH3 is 2. The van der Waals surface area contributed by atoms with Gasteiger partial charge in [-0.25, -0.2) is 8.78 Å². The molecule has 4 atom stereocenters. The van der Waals surface area contributed by atoms with E-state index >= 15 is 0 Å². The molecule has 2 aliphatic rings. The van der Waals surface area contributed by atoms with Gasteiger partial charge >= 0.3 is 0 Å². The fourth-order valence-corrected chi connectivity index (χ4v) is 6.57. The van der Waals surface area contributed by atoms with E-state index in [0.717, 1.165) is 35.2 Å². The first kappa shape index (κ1) is 37.9. The fraction of sp³-hybridized carbons (Fsp3) is 0.302. The van der Waals surface area contributed by atoms with Gasteiger partial charge in [-0.2, -0.15) is 10.2 Å². The lowest BCUT2D eigenvalue weighted by molar-refractivity contribution is 0.0328. The number of aromatic nitrogens is 4. The van der Waals surface area contributed by atoms with E-state index in [2.05, 4.69) is 36.3 Å². The summed E-state index contributed by atoms with van der Waals surface area (Å²) >= 11 is 0. The number of rotatable bonds is 12. The lowest BCUT2D eigenvalue weighted by Gasteiger charge is -2.19. The highest BCUT2D eigenvalue weighted by atomic mass is 19.2. The van der Waals surface area contributed by atoms with E-state index in [1.54, 1.807) is 31.2 Å². The molecule has 0 saturated carbocycles. The quantitative estimate of drug-likeness (QED) is 0.128. The van der Waals surface area contributed by atoms with Crippen LogP contribution < -0.4 is 9.47 Å². The van der Waals surface area contributed by atoms with Crippen LogP contribution in [0.4, 0.5) is 8.78 Å². The van der Waals surface area contributed by atoms with Gasteiger partial charge in [-0.15, -0.1) is 0 Å². The van der Waals surface area contributed by atoms with Gasteiger partial charge in [-0.05, 0) is 60.5 Å². The molecule has 6 aromatic rings. The standard InChI is InChI=1S/C22H24N2O3.C21H20F2N2O3/c1-16-7-3-4-8-17(16)13-24-12-11-19(23-24)18-9-5-6-10-20(18)27-22-15-26-14-21(22)25-2;1-26-19-12-27-13-20(19)28-18-8-3-2-6-15(18)17-9-10-25(24-17)11-14-5-4-7-16(22)21(14)23/h3-12,21-22H,13-15H2,1-2H3;2-10,19-20H,11-13H2,1H3/t21?,22-;19?,20-/m11/s1. The van der Waals surface area contributed by atoms with Crippen LogP contribution in [0.3, 0.4) is 0 Å². The van der Waals surface area contributed by atoms with Crippen LogP contribution in [-0.4, -0.2) is 84.6 Å². The monoisotopic (exact) mass is 750 g/mol. The van der Waals surface area contributed by atoms with E-state index in [0.29, 0.717) is 37.9 Å². The Bertz CT molecular complexity index is 2170. The van der Waals surface area contributed by atoms with Crippen LogP contribution in [0, 0.1) is 18.6 Å². The van der Waals surface area contributed by atoms with Crippen LogP contribution >= 0.6 is 0 Å². The molecule has 55 heavy (non-hydrogen) atoms. The second kappa shape index (κ2) is 17.8. The Morgan fingerprint density at radius 3 is 1.60 bits per heavy atom. The summed E-state index contributed by atoms with van der Waals surface area (Å²) in [5.74, 6) is -0.247. The van der Waals surface area contributed by atoms with E-state index in [-0.39, 0.29) is 36.5 Å². The van der Waals surface area contributed by atoms with E-state index in [1.165, 1.54) is 17.2 Å². The highest BCUT2D eigenvalue weighted by molar-refractivity contribution is 5.67. The highest BCUT2D eigenvalue weighted by Gasteiger charge is 2.32. The number of benzene rings is 4. The highest BCUT2D eigenvalue weighted by Crippen LogP contribution is 2.32. The van der Waals surface area contributed by atoms with Gasteiger partial charge in [0.2, 0.25) is 0 Å². The molecular weight excluding hydrogens is 706 g/mol. The number of hydrogen-bond acceptors (Lipinski definition) is 8. The molecule has 2 saturated heterocycles. The molecule has 0 spiro atoms. The van der Waals surface area contributed by atoms with Crippen molar-refractivity contribution in [2.75, 3.05) is 40.6 Å². The van der Waals surface area contributed by atoms with Gasteiger partial charge in [-0.1, -0.05) is 60.7 Å². The number of hydrogen-bond donors (Lipinski definition) is 0. The second-order valence-electron chi connectivity index (χ2n) is 13.4. The van der Waals surface area contributed by atoms with E-state index in [9.17, 15) is 8.78 Å². The number of halogens is 2. The van der Waals surface area contributed by atoms with E-state index < -0.39 is 11.6 Å². The molecule has 0 amide bonds. The summed E-state index contributed by atoms with van der Waals surface area (Å²) in [4.78, 5) is 0. The Kier molecular flexibility index (Phi) is 12.3. The van der Waals surface area contributed by atoms with Gasteiger partial charge in [-0.3, -0.25) is 9.36 Å². The molecule has 286 valence electrons. The molecule has 4 heterocycles. The topological polar surface area (TPSA) is 91.0 Å². The normalized spacial score (nSPS) is 19.2. The van der Waals surface area contributed by atoms with Crippen molar-refractivity contribution in [3.05, 3.63) is 144 Å². The molecule has 2 aliphatic heterocycles. The zero-order chi connectivity index (χ0) is 38.1. The Balaban J connectivity index is 0.000000169. The Labute approximate surface area is 319 Å². The van der Waals surface area contributed by atoms with Gasteiger partial charge in [0.15, 0.2) is 23.8 Å². The number of nitrogens with zero attached hydrogens (tertiary/aromatic N) is 4.